The summed E-state index contributed by atoms with van der Waals surface area (Å²) in [6.07, 6.45) is 7.81. The zero-order valence-corrected chi connectivity index (χ0v) is 12.1. The van der Waals surface area contributed by atoms with Gasteiger partial charge in [0.05, 0.1) is 11.5 Å². The minimum Gasteiger partial charge on any atom is -0.314 e. The van der Waals surface area contributed by atoms with E-state index in [1.54, 1.807) is 0 Å². The van der Waals surface area contributed by atoms with E-state index in [9.17, 15) is 8.42 Å². The van der Waals surface area contributed by atoms with Gasteiger partial charge in [-0.3, -0.25) is 0 Å². The van der Waals surface area contributed by atoms with Gasteiger partial charge in [-0.1, -0.05) is 12.8 Å². The molecule has 0 atom stereocenters. The summed E-state index contributed by atoms with van der Waals surface area (Å²) in [6.45, 7) is 3.73. The first-order chi connectivity index (χ1) is 8.66. The number of hydrogen-bond donors (Lipinski definition) is 1. The van der Waals surface area contributed by atoms with E-state index in [-0.39, 0.29) is 0 Å². The van der Waals surface area contributed by atoms with E-state index in [4.69, 9.17) is 0 Å². The van der Waals surface area contributed by atoms with Crippen LogP contribution >= 0.6 is 0 Å². The summed E-state index contributed by atoms with van der Waals surface area (Å²) in [5.74, 6) is 0.719. The molecule has 0 unspecified atom stereocenters. The molecule has 1 aliphatic carbocycles. The fraction of sp³-hybridized carbons (Fsp3) is 1.00. The largest absolute Gasteiger partial charge is 0.314 e. The highest BCUT2D eigenvalue weighted by Crippen LogP contribution is 2.18. The van der Waals surface area contributed by atoms with Crippen molar-refractivity contribution < 1.29 is 8.42 Å². The quantitative estimate of drug-likeness (QED) is 0.672. The third-order valence-electron chi connectivity index (χ3n) is 3.85. The number of rotatable bonds is 8. The lowest BCUT2D eigenvalue weighted by Gasteiger charge is -2.26. The van der Waals surface area contributed by atoms with Crippen LogP contribution in [-0.2, 0) is 9.84 Å². The highest BCUT2D eigenvalue weighted by molar-refractivity contribution is 7.91. The highest BCUT2D eigenvalue weighted by atomic mass is 32.2. The molecule has 18 heavy (non-hydrogen) atoms. The predicted molar refractivity (Wildman–Crippen MR) is 74.6 cm³/mol. The van der Waals surface area contributed by atoms with Crippen molar-refractivity contribution in [3.8, 4) is 0 Å². The second kappa shape index (κ2) is 6.87. The molecule has 0 bridgehead atoms. The van der Waals surface area contributed by atoms with Crippen molar-refractivity contribution in [1.82, 2.24) is 10.2 Å². The molecule has 0 amide bonds. The van der Waals surface area contributed by atoms with Gasteiger partial charge in [0, 0.05) is 19.1 Å². The summed E-state index contributed by atoms with van der Waals surface area (Å²) >= 11 is 0. The van der Waals surface area contributed by atoms with Gasteiger partial charge in [-0.05, 0) is 38.8 Å². The lowest BCUT2D eigenvalue weighted by molar-refractivity contribution is 0.287. The maximum Gasteiger partial charge on any atom is 0.152 e. The van der Waals surface area contributed by atoms with Crippen LogP contribution in [0.5, 0.6) is 0 Å². The SMILES string of the molecule is O=S1(=O)CCN(CCCCCCNC2CC2)CC1. The third kappa shape index (κ3) is 5.67. The van der Waals surface area contributed by atoms with Gasteiger partial charge in [-0.2, -0.15) is 0 Å². The number of unbranched alkanes of at least 4 members (excludes halogenated alkanes) is 3. The smallest absolute Gasteiger partial charge is 0.152 e. The van der Waals surface area contributed by atoms with Gasteiger partial charge in [0.15, 0.2) is 9.84 Å². The van der Waals surface area contributed by atoms with Gasteiger partial charge in [0.2, 0.25) is 0 Å². The monoisotopic (exact) mass is 274 g/mol. The molecule has 0 aromatic heterocycles. The molecule has 1 heterocycles. The summed E-state index contributed by atoms with van der Waals surface area (Å²) in [4.78, 5) is 2.30. The van der Waals surface area contributed by atoms with Crippen LogP contribution in [0.2, 0.25) is 0 Å². The van der Waals surface area contributed by atoms with Crippen LogP contribution in [0.3, 0.4) is 0 Å². The molecule has 2 fully saturated rings. The van der Waals surface area contributed by atoms with Crippen molar-refractivity contribution in [3.63, 3.8) is 0 Å². The summed E-state index contributed by atoms with van der Waals surface area (Å²) in [7, 11) is -2.71. The topological polar surface area (TPSA) is 49.4 Å². The van der Waals surface area contributed by atoms with Crippen molar-refractivity contribution in [2.24, 2.45) is 0 Å². The molecule has 4 nitrogen and oxygen atoms in total. The molecule has 0 aromatic rings. The molecule has 5 heteroatoms. The van der Waals surface area contributed by atoms with Crippen LogP contribution in [0.1, 0.15) is 38.5 Å². The van der Waals surface area contributed by atoms with Crippen molar-refractivity contribution >= 4 is 9.84 Å². The summed E-state index contributed by atoms with van der Waals surface area (Å²) in [5.41, 5.74) is 0. The Morgan fingerprint density at radius 2 is 1.67 bits per heavy atom. The fourth-order valence-corrected chi connectivity index (χ4v) is 3.66. The van der Waals surface area contributed by atoms with Crippen LogP contribution in [0.4, 0.5) is 0 Å². The van der Waals surface area contributed by atoms with Crippen LogP contribution in [0.15, 0.2) is 0 Å². The Bertz CT molecular complexity index is 325. The minimum absolute atomic E-state index is 0.359. The van der Waals surface area contributed by atoms with E-state index in [2.05, 4.69) is 10.2 Å². The second-order valence-corrected chi connectivity index (χ2v) is 7.94. The van der Waals surface area contributed by atoms with Gasteiger partial charge < -0.3 is 10.2 Å². The Labute approximate surface area is 111 Å². The van der Waals surface area contributed by atoms with Gasteiger partial charge in [-0.25, -0.2) is 8.42 Å². The Kier molecular flexibility index (Phi) is 5.45. The Morgan fingerprint density at radius 1 is 1.00 bits per heavy atom. The van der Waals surface area contributed by atoms with Crippen molar-refractivity contribution in [2.45, 2.75) is 44.6 Å². The average Bonchev–Trinajstić information content (AvgIpc) is 3.14. The van der Waals surface area contributed by atoms with Crippen LogP contribution < -0.4 is 5.32 Å². The first kappa shape index (κ1) is 14.3. The Morgan fingerprint density at radius 3 is 2.33 bits per heavy atom. The van der Waals surface area contributed by atoms with E-state index in [1.807, 2.05) is 0 Å². The molecule has 1 saturated carbocycles. The zero-order chi connectivity index (χ0) is 12.8. The standard InChI is InChI=1S/C13H26N2O2S/c16-18(17)11-9-15(10-12-18)8-4-2-1-3-7-14-13-5-6-13/h13-14H,1-12H2. The average molecular weight is 274 g/mol. The van der Waals surface area contributed by atoms with Gasteiger partial charge in [0.1, 0.15) is 0 Å². The van der Waals surface area contributed by atoms with E-state index < -0.39 is 9.84 Å². The number of hydrogen-bond acceptors (Lipinski definition) is 4. The van der Waals surface area contributed by atoms with Gasteiger partial charge >= 0.3 is 0 Å². The number of nitrogens with one attached hydrogen (secondary N) is 1. The third-order valence-corrected chi connectivity index (χ3v) is 5.46. The minimum atomic E-state index is -2.71. The van der Waals surface area contributed by atoms with E-state index >= 15 is 0 Å². The van der Waals surface area contributed by atoms with Gasteiger partial charge in [-0.15, -0.1) is 0 Å². The van der Waals surface area contributed by atoms with Crippen molar-refractivity contribution in [1.29, 1.82) is 0 Å². The summed E-state index contributed by atoms with van der Waals surface area (Å²) in [6, 6.07) is 0.834. The first-order valence-corrected chi connectivity index (χ1v) is 9.14. The van der Waals surface area contributed by atoms with Crippen molar-refractivity contribution in [2.75, 3.05) is 37.7 Å². The lowest BCUT2D eigenvalue weighted by Crippen LogP contribution is -2.40. The molecule has 2 rings (SSSR count). The van der Waals surface area contributed by atoms with E-state index in [0.717, 1.165) is 25.7 Å². The van der Waals surface area contributed by atoms with Gasteiger partial charge in [0.25, 0.3) is 0 Å². The first-order valence-electron chi connectivity index (χ1n) is 7.32. The second-order valence-electron chi connectivity index (χ2n) is 5.64. The molecule has 0 radical (unpaired) electrons. The fourth-order valence-electron chi connectivity index (χ4n) is 2.38. The molecular formula is C13H26N2O2S. The predicted octanol–water partition coefficient (Wildman–Crippen LogP) is 1.03. The lowest BCUT2D eigenvalue weighted by atomic mass is 10.2. The van der Waals surface area contributed by atoms with E-state index in [1.165, 1.54) is 45.1 Å². The molecule has 0 spiro atoms. The maximum atomic E-state index is 11.3. The van der Waals surface area contributed by atoms with Crippen molar-refractivity contribution in [3.05, 3.63) is 0 Å². The maximum absolute atomic E-state index is 11.3. The summed E-state index contributed by atoms with van der Waals surface area (Å²) in [5, 5.41) is 3.53. The molecule has 1 aliphatic heterocycles. The summed E-state index contributed by atoms with van der Waals surface area (Å²) < 4.78 is 22.5. The Balaban J connectivity index is 1.41. The number of nitrogens with zero attached hydrogens (tertiary/aromatic N) is 1. The molecule has 0 aromatic carbocycles. The molecule has 106 valence electrons. The molecule has 1 saturated heterocycles. The molecular weight excluding hydrogens is 248 g/mol. The Hall–Kier alpha value is -0.130. The molecule has 2 aliphatic rings. The van der Waals surface area contributed by atoms with E-state index in [0.29, 0.717) is 11.5 Å². The zero-order valence-electron chi connectivity index (χ0n) is 11.2. The normalized spacial score (nSPS) is 24.2. The van der Waals surface area contributed by atoms with Crippen LogP contribution in [-0.4, -0.2) is 57.0 Å². The highest BCUT2D eigenvalue weighted by Gasteiger charge is 2.21. The van der Waals surface area contributed by atoms with Crippen LogP contribution in [0, 0.1) is 0 Å². The molecule has 1 N–H and O–H groups in total. The van der Waals surface area contributed by atoms with Crippen LogP contribution in [0.25, 0.3) is 0 Å². The number of sulfone groups is 1.